The molecule has 5 heteroatoms. The minimum Gasteiger partial charge on any atom is -0.338 e. The van der Waals surface area contributed by atoms with Crippen LogP contribution in [0.25, 0.3) is 11.0 Å². The lowest BCUT2D eigenvalue weighted by Gasteiger charge is -2.31. The van der Waals surface area contributed by atoms with Gasteiger partial charge in [0.15, 0.2) is 5.65 Å². The van der Waals surface area contributed by atoms with Crippen LogP contribution in [0, 0.1) is 12.8 Å². The van der Waals surface area contributed by atoms with Crippen LogP contribution in [0.15, 0.2) is 36.4 Å². The van der Waals surface area contributed by atoms with Gasteiger partial charge < -0.3 is 4.90 Å². The highest BCUT2D eigenvalue weighted by molar-refractivity contribution is 6.06. The summed E-state index contributed by atoms with van der Waals surface area (Å²) in [6, 6.07) is 12.4. The van der Waals surface area contributed by atoms with Gasteiger partial charge in [0.1, 0.15) is 0 Å². The first kappa shape index (κ1) is 18.3. The molecule has 0 radical (unpaired) electrons. The Morgan fingerprint density at radius 2 is 1.97 bits per heavy atom. The summed E-state index contributed by atoms with van der Waals surface area (Å²) in [6.45, 7) is 6.60. The SMILES string of the molecule is Cc1nn(Cc2ccccc2)c2nc(C3CC3)cc(C(=O)N3CCC[C@@H](C)C3)c12. The maximum atomic E-state index is 13.5. The maximum absolute atomic E-state index is 13.5. The fourth-order valence-corrected chi connectivity index (χ4v) is 4.54. The molecular formula is C24H28N4O. The van der Waals surface area contributed by atoms with Crippen molar-refractivity contribution in [2.45, 2.75) is 52.0 Å². The summed E-state index contributed by atoms with van der Waals surface area (Å²) < 4.78 is 1.97. The number of pyridine rings is 1. The third-order valence-corrected chi connectivity index (χ3v) is 6.24. The Hall–Kier alpha value is -2.69. The number of piperidine rings is 1. The highest BCUT2D eigenvalue weighted by atomic mass is 16.2. The van der Waals surface area contributed by atoms with E-state index in [1.54, 1.807) is 0 Å². The molecule has 1 aromatic carbocycles. The molecule has 150 valence electrons. The molecule has 2 aromatic heterocycles. The van der Waals surface area contributed by atoms with Crippen molar-refractivity contribution in [2.75, 3.05) is 13.1 Å². The number of nitrogens with zero attached hydrogens (tertiary/aromatic N) is 4. The van der Waals surface area contributed by atoms with E-state index in [4.69, 9.17) is 10.1 Å². The zero-order valence-electron chi connectivity index (χ0n) is 17.3. The van der Waals surface area contributed by atoms with Gasteiger partial charge in [-0.05, 0) is 50.2 Å². The normalized spacial score (nSPS) is 19.7. The van der Waals surface area contributed by atoms with Gasteiger partial charge >= 0.3 is 0 Å². The largest absolute Gasteiger partial charge is 0.338 e. The van der Waals surface area contributed by atoms with Gasteiger partial charge in [-0.3, -0.25) is 4.79 Å². The molecule has 1 atom stereocenters. The highest BCUT2D eigenvalue weighted by Crippen LogP contribution is 2.40. The van der Waals surface area contributed by atoms with Crippen LogP contribution in [0.2, 0.25) is 0 Å². The maximum Gasteiger partial charge on any atom is 0.254 e. The summed E-state index contributed by atoms with van der Waals surface area (Å²) in [6.07, 6.45) is 4.62. The number of rotatable bonds is 4. The first-order valence-electron chi connectivity index (χ1n) is 10.8. The number of aromatic nitrogens is 3. The lowest BCUT2D eigenvalue weighted by molar-refractivity contribution is 0.0685. The number of benzene rings is 1. The van der Waals surface area contributed by atoms with E-state index < -0.39 is 0 Å². The molecule has 0 unspecified atom stereocenters. The molecule has 29 heavy (non-hydrogen) atoms. The van der Waals surface area contributed by atoms with E-state index in [1.807, 2.05) is 34.7 Å². The first-order valence-corrected chi connectivity index (χ1v) is 10.8. The molecule has 1 aliphatic heterocycles. The summed E-state index contributed by atoms with van der Waals surface area (Å²) in [5, 5.41) is 5.72. The van der Waals surface area contributed by atoms with Crippen LogP contribution in [-0.4, -0.2) is 38.7 Å². The van der Waals surface area contributed by atoms with E-state index in [1.165, 1.54) is 24.8 Å². The van der Waals surface area contributed by atoms with Crippen molar-refractivity contribution in [1.82, 2.24) is 19.7 Å². The molecule has 1 saturated heterocycles. The van der Waals surface area contributed by atoms with E-state index in [0.29, 0.717) is 18.4 Å². The van der Waals surface area contributed by atoms with Crippen molar-refractivity contribution in [1.29, 1.82) is 0 Å². The molecule has 1 saturated carbocycles. The van der Waals surface area contributed by atoms with Crippen LogP contribution in [-0.2, 0) is 6.54 Å². The van der Waals surface area contributed by atoms with Gasteiger partial charge in [0.05, 0.1) is 23.2 Å². The van der Waals surface area contributed by atoms with E-state index >= 15 is 0 Å². The Labute approximate surface area is 171 Å². The summed E-state index contributed by atoms with van der Waals surface area (Å²) in [7, 11) is 0. The summed E-state index contributed by atoms with van der Waals surface area (Å²) in [5.74, 6) is 1.20. The summed E-state index contributed by atoms with van der Waals surface area (Å²) >= 11 is 0. The highest BCUT2D eigenvalue weighted by Gasteiger charge is 2.31. The predicted octanol–water partition coefficient (Wildman–Crippen LogP) is 4.54. The molecular weight excluding hydrogens is 360 g/mol. The van der Waals surface area contributed by atoms with Gasteiger partial charge in [-0.15, -0.1) is 0 Å². The number of likely N-dealkylation sites (tertiary alicyclic amines) is 1. The lowest BCUT2D eigenvalue weighted by Crippen LogP contribution is -2.39. The number of fused-ring (bicyclic) bond motifs is 1. The van der Waals surface area contributed by atoms with Crippen molar-refractivity contribution in [2.24, 2.45) is 5.92 Å². The molecule has 2 aliphatic rings. The van der Waals surface area contributed by atoms with E-state index in [0.717, 1.165) is 47.5 Å². The third-order valence-electron chi connectivity index (χ3n) is 6.24. The first-order chi connectivity index (χ1) is 14.1. The Morgan fingerprint density at radius 1 is 1.17 bits per heavy atom. The molecule has 1 amide bonds. The number of carbonyl (C=O) groups is 1. The van der Waals surface area contributed by atoms with Crippen molar-refractivity contribution in [3.05, 3.63) is 58.9 Å². The van der Waals surface area contributed by atoms with Crippen LogP contribution in [0.3, 0.4) is 0 Å². The monoisotopic (exact) mass is 388 g/mol. The minimum absolute atomic E-state index is 0.146. The molecule has 0 spiro atoms. The summed E-state index contributed by atoms with van der Waals surface area (Å²) in [5.41, 5.74) is 4.78. The zero-order chi connectivity index (χ0) is 20.0. The van der Waals surface area contributed by atoms with Crippen LogP contribution in [0.4, 0.5) is 0 Å². The molecule has 5 nitrogen and oxygen atoms in total. The second-order valence-electron chi connectivity index (χ2n) is 8.79. The molecule has 3 heterocycles. The topological polar surface area (TPSA) is 51.0 Å². The molecule has 2 fully saturated rings. The molecule has 3 aromatic rings. The average molecular weight is 389 g/mol. The minimum atomic E-state index is 0.146. The fraction of sp³-hybridized carbons (Fsp3) is 0.458. The molecule has 0 bridgehead atoms. The van der Waals surface area contributed by atoms with Gasteiger partial charge in [-0.2, -0.15) is 5.10 Å². The Balaban J connectivity index is 1.60. The number of hydrogen-bond donors (Lipinski definition) is 0. The Morgan fingerprint density at radius 3 is 2.69 bits per heavy atom. The van der Waals surface area contributed by atoms with Crippen LogP contribution in [0.5, 0.6) is 0 Å². The van der Waals surface area contributed by atoms with Gasteiger partial charge in [0, 0.05) is 24.7 Å². The van der Waals surface area contributed by atoms with Gasteiger partial charge in [0.2, 0.25) is 0 Å². The van der Waals surface area contributed by atoms with Crippen molar-refractivity contribution in [3.63, 3.8) is 0 Å². The van der Waals surface area contributed by atoms with Gasteiger partial charge in [-0.25, -0.2) is 9.67 Å². The van der Waals surface area contributed by atoms with Crippen molar-refractivity contribution < 1.29 is 4.79 Å². The van der Waals surface area contributed by atoms with E-state index in [9.17, 15) is 4.79 Å². The molecule has 1 aliphatic carbocycles. The number of hydrogen-bond acceptors (Lipinski definition) is 3. The predicted molar refractivity (Wildman–Crippen MR) is 114 cm³/mol. The zero-order valence-corrected chi connectivity index (χ0v) is 17.3. The van der Waals surface area contributed by atoms with Crippen LogP contribution in [0.1, 0.15) is 65.8 Å². The van der Waals surface area contributed by atoms with Gasteiger partial charge in [-0.1, -0.05) is 37.3 Å². The van der Waals surface area contributed by atoms with E-state index in [-0.39, 0.29) is 5.91 Å². The summed E-state index contributed by atoms with van der Waals surface area (Å²) in [4.78, 5) is 20.6. The molecule has 0 N–H and O–H groups in total. The fourth-order valence-electron chi connectivity index (χ4n) is 4.54. The number of amides is 1. The number of carbonyl (C=O) groups excluding carboxylic acids is 1. The quantitative estimate of drug-likeness (QED) is 0.659. The van der Waals surface area contributed by atoms with Crippen LogP contribution >= 0.6 is 0 Å². The smallest absolute Gasteiger partial charge is 0.254 e. The average Bonchev–Trinajstić information content (AvgIpc) is 3.53. The Bertz CT molecular complexity index is 1050. The van der Waals surface area contributed by atoms with Crippen molar-refractivity contribution >= 4 is 16.9 Å². The molecule has 5 rings (SSSR count). The standard InChI is InChI=1S/C24H28N4O/c1-16-7-6-12-27(14-16)24(29)20-13-21(19-10-11-19)25-23-22(20)17(2)26-28(23)15-18-8-4-3-5-9-18/h3-5,8-9,13,16,19H,6-7,10-12,14-15H2,1-2H3/t16-/m1/s1. The van der Waals surface area contributed by atoms with Crippen LogP contribution < -0.4 is 0 Å². The second-order valence-corrected chi connectivity index (χ2v) is 8.79. The number of aryl methyl sites for hydroxylation is 1. The third kappa shape index (κ3) is 3.54. The van der Waals surface area contributed by atoms with Gasteiger partial charge in [0.25, 0.3) is 5.91 Å². The Kier molecular flexibility index (Phi) is 4.61. The van der Waals surface area contributed by atoms with E-state index in [2.05, 4.69) is 25.1 Å². The lowest BCUT2D eigenvalue weighted by atomic mass is 9.98. The second kappa shape index (κ2) is 7.29. The van der Waals surface area contributed by atoms with Crippen molar-refractivity contribution in [3.8, 4) is 0 Å².